The molecule has 0 aliphatic carbocycles. The molecule has 1 heterocycles. The Bertz CT molecular complexity index is 978. The normalized spacial score (nSPS) is 10.9. The van der Waals surface area contributed by atoms with Crippen molar-refractivity contribution in [3.8, 4) is 11.1 Å². The van der Waals surface area contributed by atoms with Crippen molar-refractivity contribution in [1.82, 2.24) is 9.78 Å². The van der Waals surface area contributed by atoms with E-state index in [-0.39, 0.29) is 16.8 Å². The summed E-state index contributed by atoms with van der Waals surface area (Å²) in [7, 11) is 1.56. The van der Waals surface area contributed by atoms with Crippen LogP contribution >= 0.6 is 22.6 Å². The van der Waals surface area contributed by atoms with Crippen LogP contribution in [0.1, 0.15) is 5.56 Å². The van der Waals surface area contributed by atoms with Gasteiger partial charge in [0.15, 0.2) is 11.6 Å². The second-order valence-corrected chi connectivity index (χ2v) is 6.67. The molecule has 3 rings (SSSR count). The Morgan fingerprint density at radius 1 is 1.17 bits per heavy atom. The molecule has 0 unspecified atom stereocenters. The van der Waals surface area contributed by atoms with Gasteiger partial charge < -0.3 is 10.4 Å². The quantitative estimate of drug-likeness (QED) is 0.596. The number of H-pyrrole nitrogens is 1. The van der Waals surface area contributed by atoms with Crippen LogP contribution in [0.25, 0.3) is 11.1 Å². The minimum atomic E-state index is -1.02. The molecule has 0 atom stereocenters. The minimum absolute atomic E-state index is 0.0593. The lowest BCUT2D eigenvalue weighted by Gasteiger charge is -2.14. The van der Waals surface area contributed by atoms with Crippen LogP contribution in [-0.2, 0) is 7.05 Å². The molecule has 3 aromatic rings. The van der Waals surface area contributed by atoms with E-state index in [0.29, 0.717) is 11.3 Å². The zero-order valence-corrected chi connectivity index (χ0v) is 15.1. The van der Waals surface area contributed by atoms with Crippen molar-refractivity contribution < 1.29 is 8.78 Å². The lowest BCUT2D eigenvalue weighted by Crippen LogP contribution is -2.14. The topological polar surface area (TPSA) is 49.8 Å². The molecule has 0 fully saturated rings. The number of rotatable bonds is 3. The summed E-state index contributed by atoms with van der Waals surface area (Å²) in [5.74, 6) is -1.99. The second kappa shape index (κ2) is 6.39. The molecular weight excluding hydrogens is 427 g/mol. The van der Waals surface area contributed by atoms with Crippen LogP contribution in [0.2, 0.25) is 0 Å². The maximum atomic E-state index is 14.4. The monoisotopic (exact) mass is 441 g/mol. The summed E-state index contributed by atoms with van der Waals surface area (Å²) in [5.41, 5.74) is 1.72. The molecule has 124 valence electrons. The van der Waals surface area contributed by atoms with Gasteiger partial charge >= 0.3 is 0 Å². The third-order valence-corrected chi connectivity index (χ3v) is 4.44. The van der Waals surface area contributed by atoms with Crippen LogP contribution in [0.4, 0.5) is 20.2 Å². The van der Waals surface area contributed by atoms with Gasteiger partial charge in [0.25, 0.3) is 5.56 Å². The first-order valence-corrected chi connectivity index (χ1v) is 8.22. The lowest BCUT2D eigenvalue weighted by atomic mass is 10.1. The van der Waals surface area contributed by atoms with Gasteiger partial charge in [-0.15, -0.1) is 0 Å². The molecule has 0 saturated carbocycles. The fourth-order valence-electron chi connectivity index (χ4n) is 2.45. The second-order valence-electron chi connectivity index (χ2n) is 5.42. The largest absolute Gasteiger partial charge is 0.352 e. The highest BCUT2D eigenvalue weighted by Crippen LogP contribution is 2.33. The molecule has 4 nitrogen and oxygen atoms in total. The number of nitrogens with one attached hydrogen (secondary N) is 2. The lowest BCUT2D eigenvalue weighted by molar-refractivity contribution is 0.512. The zero-order chi connectivity index (χ0) is 17.4. The Morgan fingerprint density at radius 3 is 2.54 bits per heavy atom. The van der Waals surface area contributed by atoms with Gasteiger partial charge in [-0.25, -0.2) is 8.78 Å². The predicted molar refractivity (Wildman–Crippen MR) is 98.6 cm³/mol. The Labute approximate surface area is 150 Å². The summed E-state index contributed by atoms with van der Waals surface area (Å²) in [6, 6.07) is 7.99. The summed E-state index contributed by atoms with van der Waals surface area (Å²) in [4.78, 5) is 12.2. The van der Waals surface area contributed by atoms with Crippen molar-refractivity contribution in [3.63, 3.8) is 0 Å². The van der Waals surface area contributed by atoms with E-state index in [2.05, 4.69) is 33.0 Å². The van der Waals surface area contributed by atoms with Crippen molar-refractivity contribution in [2.75, 3.05) is 5.32 Å². The summed E-state index contributed by atoms with van der Waals surface area (Å²) in [6.07, 6.45) is 1.47. The highest BCUT2D eigenvalue weighted by Gasteiger charge is 2.19. The number of halogens is 3. The highest BCUT2D eigenvalue weighted by atomic mass is 127. The Hall–Kier alpha value is -2.16. The summed E-state index contributed by atoms with van der Waals surface area (Å²) in [5, 5.41) is 5.67. The molecule has 0 aliphatic rings. The number of nitrogens with zero attached hydrogens (tertiary/aromatic N) is 1. The fraction of sp³-hybridized carbons (Fsp3) is 0.118. The van der Waals surface area contributed by atoms with Crippen molar-refractivity contribution in [2.45, 2.75) is 6.92 Å². The third-order valence-electron chi connectivity index (χ3n) is 3.77. The number of aromatic nitrogens is 2. The zero-order valence-electron chi connectivity index (χ0n) is 13.0. The smallest absolute Gasteiger partial charge is 0.274 e. The first-order valence-electron chi connectivity index (χ1n) is 7.14. The van der Waals surface area contributed by atoms with Crippen molar-refractivity contribution in [2.24, 2.45) is 7.05 Å². The van der Waals surface area contributed by atoms with E-state index in [4.69, 9.17) is 0 Å². The Morgan fingerprint density at radius 2 is 1.92 bits per heavy atom. The summed E-state index contributed by atoms with van der Waals surface area (Å²) < 4.78 is 30.5. The Kier molecular flexibility index (Phi) is 4.44. The molecule has 0 bridgehead atoms. The third kappa shape index (κ3) is 2.95. The van der Waals surface area contributed by atoms with Gasteiger partial charge in [-0.1, -0.05) is 0 Å². The molecule has 1 aromatic heterocycles. The highest BCUT2D eigenvalue weighted by molar-refractivity contribution is 14.1. The van der Waals surface area contributed by atoms with Gasteiger partial charge in [-0.2, -0.15) is 0 Å². The SMILES string of the molecule is Cc1cc(I)ccc1Nc1c(-c2c[nH]n(C)c2=O)ccc(F)c1F. The molecule has 0 saturated heterocycles. The number of aromatic amines is 1. The minimum Gasteiger partial charge on any atom is -0.352 e. The van der Waals surface area contributed by atoms with Crippen LogP contribution < -0.4 is 10.9 Å². The van der Waals surface area contributed by atoms with Gasteiger partial charge in [0.1, 0.15) is 0 Å². The fourth-order valence-corrected chi connectivity index (χ4v) is 3.10. The standard InChI is InChI=1S/C17H14F2IN3O/c1-9-7-10(20)3-6-14(9)22-16-11(4-5-13(18)15(16)19)12-8-21-23(2)17(12)24/h3-8,21-22H,1-2H3. The number of hydrogen-bond donors (Lipinski definition) is 2. The molecule has 24 heavy (non-hydrogen) atoms. The summed E-state index contributed by atoms with van der Waals surface area (Å²) >= 11 is 2.18. The van der Waals surface area contributed by atoms with Crippen molar-refractivity contribution in [1.29, 1.82) is 0 Å². The van der Waals surface area contributed by atoms with E-state index in [0.717, 1.165) is 15.2 Å². The molecule has 2 N–H and O–H groups in total. The van der Waals surface area contributed by atoms with Crippen LogP contribution in [0, 0.1) is 22.1 Å². The number of anilines is 2. The van der Waals surface area contributed by atoms with E-state index in [1.54, 1.807) is 13.1 Å². The van der Waals surface area contributed by atoms with Crippen molar-refractivity contribution in [3.05, 3.63) is 67.7 Å². The number of benzene rings is 2. The van der Waals surface area contributed by atoms with Crippen LogP contribution in [-0.4, -0.2) is 9.78 Å². The summed E-state index contributed by atoms with van der Waals surface area (Å²) in [6.45, 7) is 1.87. The maximum absolute atomic E-state index is 14.4. The van der Waals surface area contributed by atoms with Gasteiger partial charge in [-0.05, 0) is 65.4 Å². The molecule has 0 aliphatic heterocycles. The van der Waals surface area contributed by atoms with E-state index in [9.17, 15) is 13.6 Å². The molecular formula is C17H14F2IN3O. The predicted octanol–water partition coefficient (Wildman–Crippen LogP) is 4.32. The van der Waals surface area contributed by atoms with Gasteiger partial charge in [0.05, 0.1) is 11.3 Å². The number of aryl methyl sites for hydroxylation is 2. The van der Waals surface area contributed by atoms with Crippen LogP contribution in [0.5, 0.6) is 0 Å². The first kappa shape index (κ1) is 16.7. The van der Waals surface area contributed by atoms with Crippen molar-refractivity contribution >= 4 is 34.0 Å². The average molecular weight is 441 g/mol. The van der Waals surface area contributed by atoms with E-state index < -0.39 is 11.6 Å². The van der Waals surface area contributed by atoms with Gasteiger partial charge in [0, 0.05) is 28.1 Å². The van der Waals surface area contributed by atoms with Gasteiger partial charge in [-0.3, -0.25) is 9.48 Å². The molecule has 7 heteroatoms. The van der Waals surface area contributed by atoms with E-state index in [1.807, 2.05) is 19.1 Å². The number of hydrogen-bond acceptors (Lipinski definition) is 2. The van der Waals surface area contributed by atoms with E-state index >= 15 is 0 Å². The average Bonchev–Trinajstić information content (AvgIpc) is 2.86. The maximum Gasteiger partial charge on any atom is 0.274 e. The van der Waals surface area contributed by atoms with Gasteiger partial charge in [0.2, 0.25) is 0 Å². The molecule has 0 spiro atoms. The molecule has 2 aromatic carbocycles. The van der Waals surface area contributed by atoms with Crippen LogP contribution in [0.3, 0.4) is 0 Å². The Balaban J connectivity index is 2.17. The van der Waals surface area contributed by atoms with E-state index in [1.165, 1.54) is 16.9 Å². The molecule has 0 radical (unpaired) electrons. The van der Waals surface area contributed by atoms with Crippen LogP contribution in [0.15, 0.2) is 41.3 Å². The molecule has 0 amide bonds. The first-order chi connectivity index (χ1) is 11.4.